The molecule has 0 aliphatic heterocycles. The van der Waals surface area contributed by atoms with Crippen LogP contribution in [0, 0.1) is 0 Å². The summed E-state index contributed by atoms with van der Waals surface area (Å²) in [6.07, 6.45) is 0.687. The first kappa shape index (κ1) is 20.9. The summed E-state index contributed by atoms with van der Waals surface area (Å²) < 4.78 is 26.8. The minimum atomic E-state index is -3.74. The van der Waals surface area contributed by atoms with Crippen molar-refractivity contribution in [2.75, 3.05) is 17.9 Å². The lowest BCUT2D eigenvalue weighted by molar-refractivity contribution is 0.0954. The zero-order valence-corrected chi connectivity index (χ0v) is 17.5. The van der Waals surface area contributed by atoms with Crippen molar-refractivity contribution in [2.45, 2.75) is 11.3 Å². The van der Waals surface area contributed by atoms with Gasteiger partial charge in [0.25, 0.3) is 15.9 Å². The molecule has 5 nitrogen and oxygen atoms in total. The molecule has 0 aromatic heterocycles. The van der Waals surface area contributed by atoms with Crippen molar-refractivity contribution in [3.05, 3.63) is 95.0 Å². The number of benzene rings is 3. The van der Waals surface area contributed by atoms with E-state index in [1.54, 1.807) is 24.3 Å². The Bertz CT molecular complexity index is 1090. The molecule has 0 atom stereocenters. The molecular weight excluding hydrogens is 408 g/mol. The van der Waals surface area contributed by atoms with Gasteiger partial charge >= 0.3 is 0 Å². The number of hydrogen-bond acceptors (Lipinski definition) is 3. The van der Waals surface area contributed by atoms with E-state index in [0.29, 0.717) is 18.7 Å². The first-order chi connectivity index (χ1) is 13.9. The monoisotopic (exact) mass is 428 g/mol. The predicted molar refractivity (Wildman–Crippen MR) is 116 cm³/mol. The Morgan fingerprint density at radius 2 is 1.59 bits per heavy atom. The summed E-state index contributed by atoms with van der Waals surface area (Å²) in [5.74, 6) is -0.349. The average molecular weight is 429 g/mol. The van der Waals surface area contributed by atoms with Crippen LogP contribution in [0.5, 0.6) is 0 Å². The summed E-state index contributed by atoms with van der Waals surface area (Å²) in [4.78, 5) is 12.8. The van der Waals surface area contributed by atoms with Gasteiger partial charge in [-0.05, 0) is 42.3 Å². The van der Waals surface area contributed by atoms with Gasteiger partial charge in [-0.25, -0.2) is 8.42 Å². The van der Waals surface area contributed by atoms with E-state index in [4.69, 9.17) is 11.6 Å². The van der Waals surface area contributed by atoms with Gasteiger partial charge in [0.1, 0.15) is 0 Å². The topological polar surface area (TPSA) is 66.5 Å². The molecule has 0 saturated carbocycles. The van der Waals surface area contributed by atoms with E-state index in [1.807, 2.05) is 30.3 Å². The highest BCUT2D eigenvalue weighted by atomic mass is 35.5. The molecule has 0 fully saturated rings. The third-order valence-corrected chi connectivity index (χ3v) is 6.63. The number of anilines is 1. The van der Waals surface area contributed by atoms with Crippen LogP contribution in [0.2, 0.25) is 5.02 Å². The van der Waals surface area contributed by atoms with Gasteiger partial charge in [0.2, 0.25) is 0 Å². The van der Waals surface area contributed by atoms with Gasteiger partial charge < -0.3 is 5.32 Å². The van der Waals surface area contributed by atoms with Gasteiger partial charge in [-0.3, -0.25) is 9.10 Å². The lowest BCUT2D eigenvalue weighted by Crippen LogP contribution is -2.28. The number of nitrogens with one attached hydrogen (secondary N) is 1. The second-order valence-electron chi connectivity index (χ2n) is 6.44. The van der Waals surface area contributed by atoms with Crippen LogP contribution in [0.15, 0.2) is 83.8 Å². The lowest BCUT2D eigenvalue weighted by atomic mass is 10.1. The number of rotatable bonds is 7. The minimum Gasteiger partial charge on any atom is -0.352 e. The van der Waals surface area contributed by atoms with Crippen LogP contribution < -0.4 is 9.62 Å². The third kappa shape index (κ3) is 4.96. The van der Waals surface area contributed by atoms with Crippen molar-refractivity contribution in [3.63, 3.8) is 0 Å². The number of sulfonamides is 1. The van der Waals surface area contributed by atoms with Gasteiger partial charge in [-0.15, -0.1) is 0 Å². The zero-order valence-electron chi connectivity index (χ0n) is 15.9. The van der Waals surface area contributed by atoms with E-state index in [1.165, 1.54) is 31.3 Å². The molecule has 0 radical (unpaired) electrons. The van der Waals surface area contributed by atoms with E-state index in [2.05, 4.69) is 5.32 Å². The molecule has 0 aliphatic rings. The van der Waals surface area contributed by atoms with Crippen LogP contribution in [-0.2, 0) is 16.4 Å². The molecule has 0 aliphatic carbocycles. The van der Waals surface area contributed by atoms with Crippen molar-refractivity contribution in [1.82, 2.24) is 5.32 Å². The van der Waals surface area contributed by atoms with Crippen LogP contribution in [0.1, 0.15) is 15.9 Å². The number of halogens is 1. The van der Waals surface area contributed by atoms with Gasteiger partial charge in [0.05, 0.1) is 21.2 Å². The second-order valence-corrected chi connectivity index (χ2v) is 8.82. The summed E-state index contributed by atoms with van der Waals surface area (Å²) in [5.41, 5.74) is 1.69. The lowest BCUT2D eigenvalue weighted by Gasteiger charge is -2.20. The Kier molecular flexibility index (Phi) is 6.56. The molecule has 3 aromatic rings. The predicted octanol–water partition coefficient (Wildman–Crippen LogP) is 4.14. The normalized spacial score (nSPS) is 11.1. The Morgan fingerprint density at radius 3 is 2.24 bits per heavy atom. The summed E-state index contributed by atoms with van der Waals surface area (Å²) in [6, 6.07) is 22.5. The minimum absolute atomic E-state index is 0.173. The number of amides is 1. The zero-order chi connectivity index (χ0) is 20.9. The number of carbonyl (C=O) groups is 1. The van der Waals surface area contributed by atoms with Crippen molar-refractivity contribution >= 4 is 33.2 Å². The number of hydrogen-bond donors (Lipinski definition) is 1. The van der Waals surface area contributed by atoms with Crippen molar-refractivity contribution in [2.24, 2.45) is 0 Å². The molecule has 3 rings (SSSR count). The molecule has 0 heterocycles. The van der Waals surface area contributed by atoms with Crippen molar-refractivity contribution in [1.29, 1.82) is 0 Å². The Hall–Kier alpha value is -2.83. The maximum absolute atomic E-state index is 12.8. The second kappa shape index (κ2) is 9.11. The van der Waals surface area contributed by atoms with E-state index in [9.17, 15) is 13.2 Å². The molecule has 1 N–H and O–H groups in total. The standard InChI is InChI=1S/C22H21ClN2O3S/c1-25(29(27,28)19-10-6-3-7-11-19)18-12-13-21(23)20(16-18)22(26)24-15-14-17-8-4-2-5-9-17/h2-13,16H,14-15H2,1H3,(H,24,26). The summed E-state index contributed by atoms with van der Waals surface area (Å²) >= 11 is 6.19. The molecule has 7 heteroatoms. The Balaban J connectivity index is 1.76. The molecule has 29 heavy (non-hydrogen) atoms. The SMILES string of the molecule is CN(c1ccc(Cl)c(C(=O)NCCc2ccccc2)c1)S(=O)(=O)c1ccccc1. The van der Waals surface area contributed by atoms with E-state index in [-0.39, 0.29) is 21.4 Å². The van der Waals surface area contributed by atoms with Gasteiger partial charge in [0.15, 0.2) is 0 Å². The Labute approximate surface area is 176 Å². The highest BCUT2D eigenvalue weighted by Crippen LogP contribution is 2.26. The van der Waals surface area contributed by atoms with Gasteiger partial charge in [-0.2, -0.15) is 0 Å². The fraction of sp³-hybridized carbons (Fsp3) is 0.136. The highest BCUT2D eigenvalue weighted by molar-refractivity contribution is 7.92. The molecule has 0 saturated heterocycles. The van der Waals surface area contributed by atoms with Crippen LogP contribution in [0.25, 0.3) is 0 Å². The average Bonchev–Trinajstić information content (AvgIpc) is 2.75. The van der Waals surface area contributed by atoms with E-state index >= 15 is 0 Å². The quantitative estimate of drug-likeness (QED) is 0.615. The van der Waals surface area contributed by atoms with Crippen LogP contribution in [-0.4, -0.2) is 27.9 Å². The smallest absolute Gasteiger partial charge is 0.264 e. The molecule has 150 valence electrons. The number of carbonyl (C=O) groups excluding carboxylic acids is 1. The fourth-order valence-corrected chi connectivity index (χ4v) is 4.24. The van der Waals surface area contributed by atoms with Crippen LogP contribution in [0.4, 0.5) is 5.69 Å². The van der Waals surface area contributed by atoms with Crippen molar-refractivity contribution in [3.8, 4) is 0 Å². The van der Waals surface area contributed by atoms with E-state index < -0.39 is 10.0 Å². The maximum Gasteiger partial charge on any atom is 0.264 e. The Morgan fingerprint density at radius 1 is 0.966 bits per heavy atom. The van der Waals surface area contributed by atoms with Gasteiger partial charge in [0, 0.05) is 13.6 Å². The summed E-state index contributed by atoms with van der Waals surface area (Å²) in [6.45, 7) is 0.446. The van der Waals surface area contributed by atoms with E-state index in [0.717, 1.165) is 9.87 Å². The van der Waals surface area contributed by atoms with Crippen LogP contribution in [0.3, 0.4) is 0 Å². The summed E-state index contributed by atoms with van der Waals surface area (Å²) in [5, 5.41) is 3.09. The molecule has 0 spiro atoms. The van der Waals surface area contributed by atoms with Crippen molar-refractivity contribution < 1.29 is 13.2 Å². The maximum atomic E-state index is 12.8. The third-order valence-electron chi connectivity index (χ3n) is 4.50. The first-order valence-corrected chi connectivity index (χ1v) is 10.9. The molecular formula is C22H21ClN2O3S. The largest absolute Gasteiger partial charge is 0.352 e. The molecule has 0 bridgehead atoms. The molecule has 3 aromatic carbocycles. The number of nitrogens with zero attached hydrogens (tertiary/aromatic N) is 1. The summed E-state index contributed by atoms with van der Waals surface area (Å²) in [7, 11) is -2.29. The van der Waals surface area contributed by atoms with Gasteiger partial charge in [-0.1, -0.05) is 60.1 Å². The highest BCUT2D eigenvalue weighted by Gasteiger charge is 2.22. The first-order valence-electron chi connectivity index (χ1n) is 9.05. The fourth-order valence-electron chi connectivity index (χ4n) is 2.83. The molecule has 0 unspecified atom stereocenters. The molecule has 1 amide bonds. The van der Waals surface area contributed by atoms with Crippen LogP contribution >= 0.6 is 11.6 Å².